The Labute approximate surface area is 261 Å². The smallest absolute Gasteiger partial charge is 0.370 e. The number of rotatable bonds is 12. The van der Waals surface area contributed by atoms with Gasteiger partial charge >= 0.3 is 5.97 Å². The molecule has 0 spiro atoms. The molecular weight excluding hydrogens is 610 g/mol. The molecule has 0 amide bonds. The highest BCUT2D eigenvalue weighted by Gasteiger charge is 2.40. The van der Waals surface area contributed by atoms with Crippen LogP contribution in [0.5, 0.6) is 11.5 Å². The van der Waals surface area contributed by atoms with E-state index in [1.165, 1.54) is 34.3 Å². The minimum absolute atomic E-state index is 0.0182. The maximum absolute atomic E-state index is 14.6. The maximum atomic E-state index is 14.6. The Morgan fingerprint density at radius 3 is 2.41 bits per heavy atom. The molecule has 8 nitrogen and oxygen atoms in total. The van der Waals surface area contributed by atoms with Crippen molar-refractivity contribution in [1.29, 1.82) is 0 Å². The van der Waals surface area contributed by atoms with Crippen LogP contribution in [0.1, 0.15) is 38.7 Å². The van der Waals surface area contributed by atoms with E-state index in [4.69, 9.17) is 9.47 Å². The predicted octanol–water partition coefficient (Wildman–Crippen LogP) is 7.21. The topological polar surface area (TPSA) is 85.4 Å². The Morgan fingerprint density at radius 2 is 1.80 bits per heavy atom. The molecule has 0 saturated carbocycles. The molecule has 12 heteroatoms. The van der Waals surface area contributed by atoms with Crippen LogP contribution < -0.4 is 14.4 Å². The van der Waals surface area contributed by atoms with Crippen molar-refractivity contribution < 1.29 is 36.2 Å². The van der Waals surface area contributed by atoms with Crippen molar-refractivity contribution in [2.24, 2.45) is 0 Å². The average Bonchev–Trinajstić information content (AvgIpc) is 3.11. The number of anilines is 2. The van der Waals surface area contributed by atoms with Crippen molar-refractivity contribution in [3.8, 4) is 11.5 Å². The highest BCUT2D eigenvalue weighted by Crippen LogP contribution is 2.44. The highest BCUT2D eigenvalue weighted by molar-refractivity contribution is 7.98. The normalized spacial score (nSPS) is 16.6. The van der Waals surface area contributed by atoms with Gasteiger partial charge in [-0.15, -0.1) is 11.8 Å². The lowest BCUT2D eigenvalue weighted by Crippen LogP contribution is -2.43. The SMILES string of the molecule is CCCCC1CN(c2ccc(F)cc2)c2cc(SC)c(O/C=C(\F)C(=O)OCC)cc2S(=O)(=O)N1Cc1ccc(OC)cc1. The Bertz CT molecular complexity index is 1580. The number of sulfonamides is 1. The molecule has 44 heavy (non-hydrogen) atoms. The van der Waals surface area contributed by atoms with Crippen LogP contribution in [0, 0.1) is 5.82 Å². The first-order valence-corrected chi connectivity index (χ1v) is 16.9. The van der Waals surface area contributed by atoms with E-state index >= 15 is 0 Å². The summed E-state index contributed by atoms with van der Waals surface area (Å²) in [6, 6.07) is 15.7. The number of carbonyl (C=O) groups is 1. The first kappa shape index (κ1) is 33.3. The molecule has 236 valence electrons. The van der Waals surface area contributed by atoms with E-state index in [0.29, 0.717) is 41.2 Å². The lowest BCUT2D eigenvalue weighted by atomic mass is 10.1. The van der Waals surface area contributed by atoms with Gasteiger partial charge in [0.15, 0.2) is 0 Å². The van der Waals surface area contributed by atoms with E-state index in [2.05, 4.69) is 4.74 Å². The van der Waals surface area contributed by atoms with Gasteiger partial charge in [0, 0.05) is 30.9 Å². The molecule has 0 bridgehead atoms. The van der Waals surface area contributed by atoms with Gasteiger partial charge in [0.2, 0.25) is 15.9 Å². The number of hydrogen-bond acceptors (Lipinski definition) is 8. The van der Waals surface area contributed by atoms with E-state index in [9.17, 15) is 22.0 Å². The fraction of sp³-hybridized carbons (Fsp3) is 0.344. The molecule has 0 N–H and O–H groups in total. The molecule has 0 aliphatic carbocycles. The van der Waals surface area contributed by atoms with Gasteiger partial charge < -0.3 is 19.1 Å². The Balaban J connectivity index is 1.90. The summed E-state index contributed by atoms with van der Waals surface area (Å²) in [6.07, 6.45) is 4.62. The number of hydrogen-bond donors (Lipinski definition) is 0. The van der Waals surface area contributed by atoms with Crippen LogP contribution in [-0.4, -0.2) is 51.3 Å². The quantitative estimate of drug-likeness (QED) is 0.0884. The number of halogens is 2. The summed E-state index contributed by atoms with van der Waals surface area (Å²) in [5, 5.41) is 0. The van der Waals surface area contributed by atoms with Crippen LogP contribution in [0.2, 0.25) is 0 Å². The number of fused-ring (bicyclic) bond motifs is 1. The lowest BCUT2D eigenvalue weighted by Gasteiger charge is -2.31. The van der Waals surface area contributed by atoms with Crippen molar-refractivity contribution >= 4 is 39.1 Å². The molecule has 0 saturated heterocycles. The summed E-state index contributed by atoms with van der Waals surface area (Å²) in [5.41, 5.74) is 1.76. The summed E-state index contributed by atoms with van der Waals surface area (Å²) in [7, 11) is -2.62. The van der Waals surface area contributed by atoms with Crippen LogP contribution in [0.15, 0.2) is 82.5 Å². The molecule has 1 unspecified atom stereocenters. The van der Waals surface area contributed by atoms with E-state index < -0.39 is 33.7 Å². The van der Waals surface area contributed by atoms with Crippen molar-refractivity contribution in [2.75, 3.05) is 31.4 Å². The van der Waals surface area contributed by atoms with Gasteiger partial charge in [-0.3, -0.25) is 0 Å². The molecule has 0 radical (unpaired) electrons. The number of methoxy groups -OCH3 is 1. The van der Waals surface area contributed by atoms with Crippen LogP contribution in [0.4, 0.5) is 20.2 Å². The third-order valence-electron chi connectivity index (χ3n) is 7.21. The third-order valence-corrected chi connectivity index (χ3v) is 9.90. The first-order chi connectivity index (χ1) is 21.1. The summed E-state index contributed by atoms with van der Waals surface area (Å²) >= 11 is 1.27. The van der Waals surface area contributed by atoms with E-state index in [-0.39, 0.29) is 23.8 Å². The van der Waals surface area contributed by atoms with Gasteiger partial charge in [-0.1, -0.05) is 31.9 Å². The summed E-state index contributed by atoms with van der Waals surface area (Å²) in [5.74, 6) is -2.16. The van der Waals surface area contributed by atoms with Gasteiger partial charge in [-0.2, -0.15) is 8.70 Å². The number of unbranched alkanes of at least 4 members (excludes halogenated alkanes) is 1. The molecule has 0 aromatic heterocycles. The van der Waals surface area contributed by atoms with Gasteiger partial charge in [-0.25, -0.2) is 17.6 Å². The number of thioether (sulfide) groups is 1. The fourth-order valence-electron chi connectivity index (χ4n) is 4.95. The second-order valence-corrected chi connectivity index (χ2v) is 12.8. The largest absolute Gasteiger partial charge is 0.497 e. The highest BCUT2D eigenvalue weighted by atomic mass is 32.2. The molecule has 1 aliphatic rings. The third kappa shape index (κ3) is 7.54. The van der Waals surface area contributed by atoms with Crippen LogP contribution >= 0.6 is 11.8 Å². The lowest BCUT2D eigenvalue weighted by molar-refractivity contribution is -0.140. The van der Waals surface area contributed by atoms with Gasteiger partial charge in [-0.05, 0) is 67.6 Å². The number of esters is 1. The van der Waals surface area contributed by atoms with Crippen molar-refractivity contribution in [2.45, 2.75) is 55.5 Å². The standard InChI is InChI=1S/C32H36F2N2O6S2/c1-5-7-8-25-20-35(24-13-11-23(33)12-14-24)28-17-30(43-4)29(42-21-27(34)32(37)41-6-2)18-31(28)44(38,39)36(25)19-22-9-15-26(40-3)16-10-22/h9-18,21,25H,5-8,19-20H2,1-4H3/b27-21-. The van der Waals surface area contributed by atoms with Crippen LogP contribution in [-0.2, 0) is 26.1 Å². The predicted molar refractivity (Wildman–Crippen MR) is 167 cm³/mol. The van der Waals surface area contributed by atoms with E-state index in [1.54, 1.807) is 50.6 Å². The minimum Gasteiger partial charge on any atom is -0.497 e. The average molecular weight is 647 g/mol. The molecule has 0 fully saturated rings. The number of nitrogens with zero attached hydrogens (tertiary/aromatic N) is 2. The Morgan fingerprint density at radius 1 is 1.09 bits per heavy atom. The zero-order valence-electron chi connectivity index (χ0n) is 25.1. The molecule has 1 aliphatic heterocycles. The summed E-state index contributed by atoms with van der Waals surface area (Å²) < 4.78 is 74.6. The molecule has 4 rings (SSSR count). The zero-order chi connectivity index (χ0) is 31.9. The van der Waals surface area contributed by atoms with Gasteiger partial charge in [0.25, 0.3) is 0 Å². The fourth-order valence-corrected chi connectivity index (χ4v) is 7.31. The van der Waals surface area contributed by atoms with Crippen molar-refractivity contribution in [3.05, 3.63) is 84.1 Å². The second kappa shape index (κ2) is 14.9. The monoisotopic (exact) mass is 646 g/mol. The molecule has 3 aromatic rings. The van der Waals surface area contributed by atoms with Crippen molar-refractivity contribution in [3.63, 3.8) is 0 Å². The number of benzene rings is 3. The maximum Gasteiger partial charge on any atom is 0.370 e. The van der Waals surface area contributed by atoms with Crippen LogP contribution in [0.3, 0.4) is 0 Å². The summed E-state index contributed by atoms with van der Waals surface area (Å²) in [4.78, 5) is 14.1. The van der Waals surface area contributed by atoms with E-state index in [1.807, 2.05) is 24.0 Å². The molecular formula is C32H36F2N2O6S2. The number of carbonyl (C=O) groups excluding carboxylic acids is 1. The molecule has 3 aromatic carbocycles. The second-order valence-electron chi connectivity index (χ2n) is 10.1. The van der Waals surface area contributed by atoms with E-state index in [0.717, 1.165) is 18.4 Å². The summed E-state index contributed by atoms with van der Waals surface area (Å²) in [6.45, 7) is 3.97. The van der Waals surface area contributed by atoms with Crippen LogP contribution in [0.25, 0.3) is 0 Å². The zero-order valence-corrected chi connectivity index (χ0v) is 26.7. The molecule has 1 heterocycles. The van der Waals surface area contributed by atoms with Crippen molar-refractivity contribution in [1.82, 2.24) is 4.31 Å². The Hall–Kier alpha value is -3.61. The minimum atomic E-state index is -4.18. The number of ether oxygens (including phenoxy) is 3. The van der Waals surface area contributed by atoms with Gasteiger partial charge in [0.1, 0.15) is 28.5 Å². The molecule has 1 atom stereocenters. The van der Waals surface area contributed by atoms with Gasteiger partial charge in [0.05, 0.1) is 24.3 Å². The Kier molecular flexibility index (Phi) is 11.3. The first-order valence-electron chi connectivity index (χ1n) is 14.2.